The number of thioether (sulfide) groups is 1. The van der Waals surface area contributed by atoms with Crippen LogP contribution in [0.5, 0.6) is 0 Å². The summed E-state index contributed by atoms with van der Waals surface area (Å²) in [6, 6.07) is 7.49. The summed E-state index contributed by atoms with van der Waals surface area (Å²) in [4.78, 5) is 28.0. The van der Waals surface area contributed by atoms with Crippen LogP contribution < -0.4 is 5.32 Å². The molecule has 2 rings (SSSR count). The van der Waals surface area contributed by atoms with Crippen molar-refractivity contribution in [3.63, 3.8) is 0 Å². The number of carbonyl (C=O) groups is 2. The SMILES string of the molecule is C[C@@H](OC(=O)CSc1ccccc1F)C(=O)Nc1ncc(Cl)cc1Cl. The minimum atomic E-state index is -1.07. The van der Waals surface area contributed by atoms with Crippen LogP contribution in [0.3, 0.4) is 0 Å². The molecule has 0 unspecified atom stereocenters. The minimum Gasteiger partial charge on any atom is -0.452 e. The molecule has 1 N–H and O–H groups in total. The van der Waals surface area contributed by atoms with Crippen molar-refractivity contribution in [2.24, 2.45) is 0 Å². The van der Waals surface area contributed by atoms with E-state index in [1.54, 1.807) is 18.2 Å². The number of hydrogen-bond donors (Lipinski definition) is 1. The van der Waals surface area contributed by atoms with Gasteiger partial charge in [0.15, 0.2) is 11.9 Å². The predicted octanol–water partition coefficient (Wildman–Crippen LogP) is 4.19. The second-order valence-corrected chi connectivity index (χ2v) is 6.69. The second kappa shape index (κ2) is 9.03. The van der Waals surface area contributed by atoms with Gasteiger partial charge in [0.25, 0.3) is 5.91 Å². The quantitative estimate of drug-likeness (QED) is 0.579. The zero-order chi connectivity index (χ0) is 18.4. The first-order valence-corrected chi connectivity index (χ1v) is 8.79. The first-order chi connectivity index (χ1) is 11.9. The molecular weight excluding hydrogens is 390 g/mol. The number of pyridine rings is 1. The van der Waals surface area contributed by atoms with Crippen LogP contribution in [0.4, 0.5) is 10.2 Å². The number of rotatable bonds is 6. The first-order valence-electron chi connectivity index (χ1n) is 7.05. The summed E-state index contributed by atoms with van der Waals surface area (Å²) < 4.78 is 18.5. The van der Waals surface area contributed by atoms with E-state index in [0.29, 0.717) is 9.92 Å². The number of esters is 1. The third-order valence-corrected chi connectivity index (χ3v) is 4.43. The number of carbonyl (C=O) groups excluding carboxylic acids is 2. The zero-order valence-corrected chi connectivity index (χ0v) is 15.3. The lowest BCUT2D eigenvalue weighted by Gasteiger charge is -2.13. The van der Waals surface area contributed by atoms with Crippen molar-refractivity contribution >= 4 is 52.7 Å². The Morgan fingerprint density at radius 3 is 2.76 bits per heavy atom. The van der Waals surface area contributed by atoms with E-state index in [9.17, 15) is 14.0 Å². The molecule has 9 heteroatoms. The molecule has 25 heavy (non-hydrogen) atoms. The van der Waals surface area contributed by atoms with Gasteiger partial charge in [0.2, 0.25) is 0 Å². The number of ether oxygens (including phenoxy) is 1. The molecule has 0 aliphatic rings. The Bertz CT molecular complexity index is 792. The molecule has 0 aliphatic heterocycles. The van der Waals surface area contributed by atoms with Crippen LogP contribution in [0.15, 0.2) is 41.4 Å². The predicted molar refractivity (Wildman–Crippen MR) is 95.6 cm³/mol. The molecule has 0 saturated heterocycles. The van der Waals surface area contributed by atoms with Gasteiger partial charge in [-0.1, -0.05) is 35.3 Å². The molecule has 0 saturated carbocycles. The monoisotopic (exact) mass is 402 g/mol. The van der Waals surface area contributed by atoms with Crippen molar-refractivity contribution in [3.05, 3.63) is 52.4 Å². The van der Waals surface area contributed by atoms with Crippen molar-refractivity contribution in [1.29, 1.82) is 0 Å². The highest BCUT2D eigenvalue weighted by Gasteiger charge is 2.19. The maximum Gasteiger partial charge on any atom is 0.317 e. The molecule has 1 amide bonds. The zero-order valence-electron chi connectivity index (χ0n) is 13.0. The molecule has 1 aromatic carbocycles. The number of halogens is 3. The summed E-state index contributed by atoms with van der Waals surface area (Å²) >= 11 is 12.6. The maximum atomic E-state index is 13.5. The molecule has 0 fully saturated rings. The Morgan fingerprint density at radius 1 is 1.36 bits per heavy atom. The molecule has 1 aromatic heterocycles. The Kier molecular flexibility index (Phi) is 7.04. The van der Waals surface area contributed by atoms with Gasteiger partial charge in [0.1, 0.15) is 5.82 Å². The van der Waals surface area contributed by atoms with Gasteiger partial charge in [-0.3, -0.25) is 9.59 Å². The van der Waals surface area contributed by atoms with Crippen molar-refractivity contribution < 1.29 is 18.7 Å². The molecule has 5 nitrogen and oxygen atoms in total. The van der Waals surface area contributed by atoms with Crippen LogP contribution in [0.25, 0.3) is 0 Å². The van der Waals surface area contributed by atoms with E-state index in [-0.39, 0.29) is 16.6 Å². The van der Waals surface area contributed by atoms with Crippen molar-refractivity contribution in [2.75, 3.05) is 11.1 Å². The summed E-state index contributed by atoms with van der Waals surface area (Å²) in [6.07, 6.45) is 0.257. The topological polar surface area (TPSA) is 68.3 Å². The fourth-order valence-corrected chi connectivity index (χ4v) is 2.86. The Balaban J connectivity index is 1.85. The van der Waals surface area contributed by atoms with Crippen LogP contribution in [0, 0.1) is 5.82 Å². The van der Waals surface area contributed by atoms with Gasteiger partial charge < -0.3 is 10.1 Å². The summed E-state index contributed by atoms with van der Waals surface area (Å²) in [5.41, 5.74) is 0. The molecule has 0 spiro atoms. The largest absolute Gasteiger partial charge is 0.452 e. The average Bonchev–Trinajstić information content (AvgIpc) is 2.56. The summed E-state index contributed by atoms with van der Waals surface area (Å²) in [7, 11) is 0. The lowest BCUT2D eigenvalue weighted by molar-refractivity contribution is -0.150. The summed E-state index contributed by atoms with van der Waals surface area (Å²) in [5, 5.41) is 2.93. The Labute approximate surface area is 157 Å². The fraction of sp³-hybridized carbons (Fsp3) is 0.188. The molecule has 0 aliphatic carbocycles. The molecule has 0 radical (unpaired) electrons. The summed E-state index contributed by atoms with van der Waals surface area (Å²) in [6.45, 7) is 1.41. The highest BCUT2D eigenvalue weighted by atomic mass is 35.5. The first kappa shape index (κ1) is 19.5. The standard InChI is InChI=1S/C16H13Cl2FN2O3S/c1-9(16(23)21-15-11(18)6-10(17)7-20-15)24-14(22)8-25-13-5-3-2-4-12(13)19/h2-7,9H,8H2,1H3,(H,20,21,23)/t9-/m1/s1. The average molecular weight is 403 g/mol. The number of hydrogen-bond acceptors (Lipinski definition) is 5. The van der Waals surface area contributed by atoms with E-state index in [1.807, 2.05) is 0 Å². The van der Waals surface area contributed by atoms with Gasteiger partial charge in [-0.2, -0.15) is 0 Å². The number of nitrogens with zero attached hydrogens (tertiary/aromatic N) is 1. The molecule has 1 heterocycles. The van der Waals surface area contributed by atoms with E-state index >= 15 is 0 Å². The van der Waals surface area contributed by atoms with E-state index in [2.05, 4.69) is 10.3 Å². The Hall–Kier alpha value is -1.83. The van der Waals surface area contributed by atoms with Gasteiger partial charge in [-0.25, -0.2) is 9.37 Å². The van der Waals surface area contributed by atoms with Crippen LogP contribution in [0.2, 0.25) is 10.0 Å². The fourth-order valence-electron chi connectivity index (χ4n) is 1.71. The van der Waals surface area contributed by atoms with Crippen LogP contribution in [-0.2, 0) is 14.3 Å². The minimum absolute atomic E-state index is 0.111. The van der Waals surface area contributed by atoms with Crippen molar-refractivity contribution in [3.8, 4) is 0 Å². The van der Waals surface area contributed by atoms with Gasteiger partial charge >= 0.3 is 5.97 Å². The maximum absolute atomic E-state index is 13.5. The molecule has 0 bridgehead atoms. The Morgan fingerprint density at radius 2 is 2.08 bits per heavy atom. The van der Waals surface area contributed by atoms with E-state index in [4.69, 9.17) is 27.9 Å². The molecule has 2 aromatic rings. The molecule has 1 atom stereocenters. The smallest absolute Gasteiger partial charge is 0.317 e. The molecular formula is C16H13Cl2FN2O3S. The van der Waals surface area contributed by atoms with Crippen molar-refractivity contribution in [2.45, 2.75) is 17.9 Å². The number of anilines is 1. The third-order valence-electron chi connectivity index (χ3n) is 2.91. The van der Waals surface area contributed by atoms with Crippen LogP contribution in [0.1, 0.15) is 6.92 Å². The van der Waals surface area contributed by atoms with E-state index in [0.717, 1.165) is 11.8 Å². The second-order valence-electron chi connectivity index (χ2n) is 4.82. The summed E-state index contributed by atoms with van der Waals surface area (Å²) in [5.74, 6) is -1.68. The lowest BCUT2D eigenvalue weighted by Crippen LogP contribution is -2.30. The van der Waals surface area contributed by atoms with Gasteiger partial charge in [0, 0.05) is 11.1 Å². The van der Waals surface area contributed by atoms with Crippen LogP contribution in [-0.4, -0.2) is 28.7 Å². The third kappa shape index (κ3) is 5.88. The highest BCUT2D eigenvalue weighted by Crippen LogP contribution is 2.23. The van der Waals surface area contributed by atoms with Gasteiger partial charge in [0.05, 0.1) is 15.8 Å². The highest BCUT2D eigenvalue weighted by molar-refractivity contribution is 8.00. The van der Waals surface area contributed by atoms with E-state index in [1.165, 1.54) is 25.3 Å². The lowest BCUT2D eigenvalue weighted by atomic mass is 10.3. The van der Waals surface area contributed by atoms with Gasteiger partial charge in [-0.05, 0) is 25.1 Å². The normalized spacial score (nSPS) is 11.7. The number of benzene rings is 1. The van der Waals surface area contributed by atoms with E-state index < -0.39 is 23.8 Å². The number of aromatic nitrogens is 1. The number of amides is 1. The number of nitrogens with one attached hydrogen (secondary N) is 1. The van der Waals surface area contributed by atoms with Crippen molar-refractivity contribution in [1.82, 2.24) is 4.98 Å². The molecule has 132 valence electrons. The van der Waals surface area contributed by atoms with Crippen LogP contribution >= 0.6 is 35.0 Å². The van der Waals surface area contributed by atoms with Gasteiger partial charge in [-0.15, -0.1) is 11.8 Å².